The molecule has 0 aromatic rings. The summed E-state index contributed by atoms with van der Waals surface area (Å²) >= 11 is 4.76. The predicted octanol–water partition coefficient (Wildman–Crippen LogP) is 0.577. The monoisotopic (exact) mass is 347 g/mol. The second kappa shape index (κ2) is 9.29. The predicted molar refractivity (Wildman–Crippen MR) is 88.8 cm³/mol. The van der Waals surface area contributed by atoms with Crippen molar-refractivity contribution in [2.24, 2.45) is 5.73 Å². The first-order valence-corrected chi connectivity index (χ1v) is 7.46. The molecular formula is C14H25N3O5S. The second-order valence-corrected chi connectivity index (χ2v) is 6.50. The number of nitrogens with zero attached hydrogens (tertiary/aromatic N) is 1. The number of nitrogens with one attached hydrogen (secondary N) is 1. The number of methoxy groups -OCH3 is 1. The first kappa shape index (κ1) is 21.1. The highest BCUT2D eigenvalue weighted by molar-refractivity contribution is 7.80. The molecule has 0 aliphatic rings. The summed E-state index contributed by atoms with van der Waals surface area (Å²) in [6.07, 6.45) is -0.694. The molecule has 3 N–H and O–H groups in total. The van der Waals surface area contributed by atoms with Crippen molar-refractivity contribution in [3.05, 3.63) is 0 Å². The summed E-state index contributed by atoms with van der Waals surface area (Å²) in [5, 5.41) is 2.46. The number of ether oxygens (including phenoxy) is 2. The Bertz CT molecular complexity index is 462. The third-order valence-corrected chi connectivity index (χ3v) is 2.75. The maximum atomic E-state index is 12.4. The molecule has 0 spiro atoms. The second-order valence-electron chi connectivity index (χ2n) is 5.97. The van der Waals surface area contributed by atoms with E-state index >= 15 is 0 Å². The molecule has 8 nitrogen and oxygen atoms in total. The average Bonchev–Trinajstić information content (AvgIpc) is 2.39. The number of amides is 2. The maximum Gasteiger partial charge on any atom is 0.408 e. The van der Waals surface area contributed by atoms with E-state index < -0.39 is 29.6 Å². The van der Waals surface area contributed by atoms with Gasteiger partial charge in [-0.3, -0.25) is 9.59 Å². The first-order chi connectivity index (χ1) is 10.5. The van der Waals surface area contributed by atoms with Gasteiger partial charge in [0.15, 0.2) is 0 Å². The number of nitrogens with two attached hydrogens (primary N) is 1. The van der Waals surface area contributed by atoms with Crippen molar-refractivity contribution in [1.82, 2.24) is 10.2 Å². The van der Waals surface area contributed by atoms with E-state index in [1.165, 1.54) is 19.1 Å². The van der Waals surface area contributed by atoms with Gasteiger partial charge in [-0.15, -0.1) is 0 Å². The molecule has 0 aliphatic carbocycles. The van der Waals surface area contributed by atoms with Gasteiger partial charge in [-0.1, -0.05) is 12.2 Å². The highest BCUT2D eigenvalue weighted by Gasteiger charge is 2.27. The Hall–Kier alpha value is -1.90. The summed E-state index contributed by atoms with van der Waals surface area (Å²) < 4.78 is 9.67. The smallest absolute Gasteiger partial charge is 0.408 e. The van der Waals surface area contributed by atoms with E-state index in [4.69, 9.17) is 22.7 Å². The molecule has 0 rings (SSSR count). The van der Waals surface area contributed by atoms with Crippen LogP contribution in [-0.2, 0) is 19.1 Å². The number of carbonyl (C=O) groups excluding carboxylic acids is 3. The molecule has 23 heavy (non-hydrogen) atoms. The molecule has 2 amide bonds. The number of rotatable bonds is 7. The highest BCUT2D eigenvalue weighted by Crippen LogP contribution is 2.09. The van der Waals surface area contributed by atoms with Crippen LogP contribution < -0.4 is 11.1 Å². The van der Waals surface area contributed by atoms with Crippen LogP contribution in [0.15, 0.2) is 0 Å². The third-order valence-electron chi connectivity index (χ3n) is 2.62. The Balaban J connectivity index is 4.92. The van der Waals surface area contributed by atoms with Crippen molar-refractivity contribution >= 4 is 35.2 Å². The van der Waals surface area contributed by atoms with Crippen molar-refractivity contribution in [2.75, 3.05) is 20.7 Å². The molecular weight excluding hydrogens is 322 g/mol. The Labute approximate surface area is 141 Å². The van der Waals surface area contributed by atoms with Gasteiger partial charge in [0.2, 0.25) is 5.91 Å². The molecule has 0 unspecified atom stereocenters. The highest BCUT2D eigenvalue weighted by atomic mass is 32.1. The Kier molecular flexibility index (Phi) is 8.52. The summed E-state index contributed by atoms with van der Waals surface area (Å²) in [6.45, 7) is 5.18. The Morgan fingerprint density at radius 2 is 1.87 bits per heavy atom. The van der Waals surface area contributed by atoms with Crippen molar-refractivity contribution in [2.45, 2.75) is 45.3 Å². The van der Waals surface area contributed by atoms with E-state index in [2.05, 4.69) is 10.1 Å². The van der Waals surface area contributed by atoms with Crippen LogP contribution in [0.3, 0.4) is 0 Å². The minimum Gasteiger partial charge on any atom is -0.469 e. The zero-order chi connectivity index (χ0) is 18.2. The van der Waals surface area contributed by atoms with Crippen molar-refractivity contribution in [3.63, 3.8) is 0 Å². The molecule has 9 heteroatoms. The minimum absolute atomic E-state index is 0.0242. The largest absolute Gasteiger partial charge is 0.469 e. The molecule has 0 fully saturated rings. The van der Waals surface area contributed by atoms with Gasteiger partial charge in [0.1, 0.15) is 11.6 Å². The molecule has 1 atom stereocenters. The number of alkyl carbamates (subject to hydrolysis) is 1. The lowest BCUT2D eigenvalue weighted by molar-refractivity contribution is -0.141. The summed E-state index contributed by atoms with van der Waals surface area (Å²) in [4.78, 5) is 36.9. The number of likely N-dealkylation sites (N-methyl/N-ethyl adjacent to an activating group) is 1. The van der Waals surface area contributed by atoms with Gasteiger partial charge in [-0.05, 0) is 27.2 Å². The lowest BCUT2D eigenvalue weighted by atomic mass is 10.1. The fourth-order valence-corrected chi connectivity index (χ4v) is 1.84. The van der Waals surface area contributed by atoms with Gasteiger partial charge in [0, 0.05) is 13.5 Å². The standard InChI is InChI=1S/C14H25N3O5S/c1-14(2,3)22-13(20)16-9(6-7-11(18)21-5)12(19)17(4)8-10(15)23/h9H,6-8H2,1-5H3,(H2,15,23)(H,16,20)/t9-/m0/s1. The van der Waals surface area contributed by atoms with E-state index in [1.54, 1.807) is 20.8 Å². The quantitative estimate of drug-likeness (QED) is 0.512. The summed E-state index contributed by atoms with van der Waals surface area (Å²) in [6, 6.07) is -0.941. The molecule has 0 radical (unpaired) electrons. The topological polar surface area (TPSA) is 111 Å². The number of carbonyl (C=O) groups is 3. The van der Waals surface area contributed by atoms with Crippen LogP contribution in [0.2, 0.25) is 0 Å². The molecule has 0 aromatic heterocycles. The average molecular weight is 347 g/mol. The van der Waals surface area contributed by atoms with Crippen LogP contribution in [-0.4, -0.2) is 60.2 Å². The van der Waals surface area contributed by atoms with E-state index in [1.807, 2.05) is 0 Å². The molecule has 0 saturated carbocycles. The molecule has 132 valence electrons. The minimum atomic E-state index is -0.941. The first-order valence-electron chi connectivity index (χ1n) is 7.06. The summed E-state index contributed by atoms with van der Waals surface area (Å²) in [7, 11) is 2.75. The van der Waals surface area contributed by atoms with Gasteiger partial charge in [-0.25, -0.2) is 4.79 Å². The molecule has 0 saturated heterocycles. The van der Waals surface area contributed by atoms with E-state index in [9.17, 15) is 14.4 Å². The van der Waals surface area contributed by atoms with Gasteiger partial charge >= 0.3 is 12.1 Å². The SMILES string of the molecule is COC(=O)CC[C@H](NC(=O)OC(C)(C)C)C(=O)N(C)CC(N)=S. The van der Waals surface area contributed by atoms with Crippen molar-refractivity contribution < 1.29 is 23.9 Å². The normalized spacial score (nSPS) is 12.0. The lowest BCUT2D eigenvalue weighted by Gasteiger charge is -2.26. The number of thiocarbonyl (C=S) groups is 1. The maximum absolute atomic E-state index is 12.4. The number of hydrogen-bond acceptors (Lipinski definition) is 6. The third kappa shape index (κ3) is 9.67. The van der Waals surface area contributed by atoms with Crippen LogP contribution in [0.5, 0.6) is 0 Å². The van der Waals surface area contributed by atoms with Gasteiger partial charge in [0.05, 0.1) is 18.6 Å². The van der Waals surface area contributed by atoms with Gasteiger partial charge < -0.3 is 25.4 Å². The molecule has 0 bridgehead atoms. The lowest BCUT2D eigenvalue weighted by Crippen LogP contribution is -2.50. The zero-order valence-corrected chi connectivity index (χ0v) is 15.0. The fourth-order valence-electron chi connectivity index (χ4n) is 1.65. The molecule has 0 heterocycles. The van der Waals surface area contributed by atoms with Crippen LogP contribution in [0, 0.1) is 0 Å². The Morgan fingerprint density at radius 1 is 1.30 bits per heavy atom. The van der Waals surface area contributed by atoms with Crippen LogP contribution >= 0.6 is 12.2 Å². The number of esters is 1. The van der Waals surface area contributed by atoms with Crippen LogP contribution in [0.25, 0.3) is 0 Å². The van der Waals surface area contributed by atoms with Crippen molar-refractivity contribution in [1.29, 1.82) is 0 Å². The Morgan fingerprint density at radius 3 is 2.30 bits per heavy atom. The zero-order valence-electron chi connectivity index (χ0n) is 14.2. The van der Waals surface area contributed by atoms with Gasteiger partial charge in [-0.2, -0.15) is 0 Å². The summed E-state index contributed by atoms with van der Waals surface area (Å²) in [5.41, 5.74) is 4.71. The fraction of sp³-hybridized carbons (Fsp3) is 0.714. The van der Waals surface area contributed by atoms with Crippen LogP contribution in [0.1, 0.15) is 33.6 Å². The van der Waals surface area contributed by atoms with E-state index in [0.717, 1.165) is 0 Å². The van der Waals surface area contributed by atoms with E-state index in [-0.39, 0.29) is 24.4 Å². The molecule has 0 aromatic carbocycles. The number of hydrogen-bond donors (Lipinski definition) is 2. The van der Waals surface area contributed by atoms with Gasteiger partial charge in [0.25, 0.3) is 0 Å². The van der Waals surface area contributed by atoms with Crippen molar-refractivity contribution in [3.8, 4) is 0 Å². The van der Waals surface area contributed by atoms with E-state index in [0.29, 0.717) is 0 Å². The molecule has 0 aliphatic heterocycles. The van der Waals surface area contributed by atoms with Crippen LogP contribution in [0.4, 0.5) is 4.79 Å². The summed E-state index contributed by atoms with van der Waals surface area (Å²) in [5.74, 6) is -0.904.